The standard InChI is InChI=1S/C11H8N2O2/c14-6-11-10(12-7-15)5-8-3-1-2-4-9(8)13-11/h1-7H,(H,12,15). The van der Waals surface area contributed by atoms with Crippen molar-refractivity contribution >= 4 is 29.3 Å². The van der Waals surface area contributed by atoms with E-state index in [9.17, 15) is 9.59 Å². The third-order valence-corrected chi connectivity index (χ3v) is 2.08. The molecule has 74 valence electrons. The Morgan fingerprint density at radius 1 is 1.20 bits per heavy atom. The number of nitrogens with one attached hydrogen (secondary N) is 1. The van der Waals surface area contributed by atoms with Gasteiger partial charge < -0.3 is 5.32 Å². The van der Waals surface area contributed by atoms with Gasteiger partial charge in [0.05, 0.1) is 11.2 Å². The van der Waals surface area contributed by atoms with Gasteiger partial charge in [-0.25, -0.2) is 4.98 Å². The normalized spacial score (nSPS) is 9.87. The zero-order valence-electron chi connectivity index (χ0n) is 7.81. The Morgan fingerprint density at radius 3 is 2.73 bits per heavy atom. The first kappa shape index (κ1) is 9.33. The van der Waals surface area contributed by atoms with Crippen LogP contribution in [0.15, 0.2) is 30.3 Å². The lowest BCUT2D eigenvalue weighted by Crippen LogP contribution is -2.00. The second-order valence-corrected chi connectivity index (χ2v) is 2.99. The molecule has 0 aliphatic heterocycles. The lowest BCUT2D eigenvalue weighted by atomic mass is 10.2. The quantitative estimate of drug-likeness (QED) is 0.766. The molecule has 4 heteroatoms. The summed E-state index contributed by atoms with van der Waals surface area (Å²) >= 11 is 0. The van der Waals surface area contributed by atoms with Crippen molar-refractivity contribution in [2.45, 2.75) is 0 Å². The number of aldehydes is 1. The van der Waals surface area contributed by atoms with Gasteiger partial charge in [-0.3, -0.25) is 9.59 Å². The van der Waals surface area contributed by atoms with Gasteiger partial charge >= 0.3 is 0 Å². The Hall–Kier alpha value is -2.23. The maximum absolute atomic E-state index is 10.7. The van der Waals surface area contributed by atoms with Crippen molar-refractivity contribution in [3.05, 3.63) is 36.0 Å². The van der Waals surface area contributed by atoms with Crippen LogP contribution in [0.3, 0.4) is 0 Å². The molecule has 15 heavy (non-hydrogen) atoms. The molecule has 0 spiro atoms. The number of carbonyl (C=O) groups is 2. The van der Waals surface area contributed by atoms with Crippen LogP contribution in [-0.2, 0) is 4.79 Å². The largest absolute Gasteiger partial charge is 0.327 e. The van der Waals surface area contributed by atoms with E-state index in [1.807, 2.05) is 24.3 Å². The van der Waals surface area contributed by atoms with Crippen molar-refractivity contribution in [2.75, 3.05) is 5.32 Å². The van der Waals surface area contributed by atoms with Crippen LogP contribution in [0.4, 0.5) is 5.69 Å². The minimum absolute atomic E-state index is 0.237. The highest BCUT2D eigenvalue weighted by Crippen LogP contribution is 2.19. The lowest BCUT2D eigenvalue weighted by Gasteiger charge is -2.04. The minimum atomic E-state index is 0.237. The number of para-hydroxylation sites is 1. The molecule has 1 aromatic heterocycles. The number of aromatic nitrogens is 1. The van der Waals surface area contributed by atoms with Gasteiger partial charge in [-0.15, -0.1) is 0 Å². The molecule has 0 aliphatic rings. The SMILES string of the molecule is O=CNc1cc2ccccc2nc1C=O. The van der Waals surface area contributed by atoms with E-state index >= 15 is 0 Å². The fourth-order valence-electron chi connectivity index (χ4n) is 1.40. The number of hydrogen-bond acceptors (Lipinski definition) is 3. The van der Waals surface area contributed by atoms with E-state index in [1.165, 1.54) is 0 Å². The maximum atomic E-state index is 10.7. The van der Waals surface area contributed by atoms with Gasteiger partial charge in [-0.2, -0.15) is 0 Å². The molecule has 0 unspecified atom stereocenters. The van der Waals surface area contributed by atoms with E-state index in [4.69, 9.17) is 0 Å². The number of benzene rings is 1. The molecule has 0 saturated heterocycles. The number of hydrogen-bond donors (Lipinski definition) is 1. The van der Waals surface area contributed by atoms with Crippen molar-refractivity contribution in [1.29, 1.82) is 0 Å². The van der Waals surface area contributed by atoms with Crippen molar-refractivity contribution in [3.63, 3.8) is 0 Å². The molecule has 2 aromatic rings. The summed E-state index contributed by atoms with van der Waals surface area (Å²) < 4.78 is 0. The summed E-state index contributed by atoms with van der Waals surface area (Å²) in [4.78, 5) is 25.2. The monoisotopic (exact) mass is 200 g/mol. The van der Waals surface area contributed by atoms with Gasteiger partial charge in [-0.1, -0.05) is 18.2 Å². The van der Waals surface area contributed by atoms with Crippen molar-refractivity contribution in [2.24, 2.45) is 0 Å². The fourth-order valence-corrected chi connectivity index (χ4v) is 1.40. The third-order valence-electron chi connectivity index (χ3n) is 2.08. The Labute approximate surface area is 85.9 Å². The van der Waals surface area contributed by atoms with Gasteiger partial charge in [0.15, 0.2) is 6.29 Å². The molecule has 1 heterocycles. The molecular weight excluding hydrogens is 192 g/mol. The third kappa shape index (κ3) is 1.69. The highest BCUT2D eigenvalue weighted by molar-refractivity contribution is 5.93. The van der Waals surface area contributed by atoms with Gasteiger partial charge in [-0.05, 0) is 12.1 Å². The second-order valence-electron chi connectivity index (χ2n) is 2.99. The van der Waals surface area contributed by atoms with Gasteiger partial charge in [0.25, 0.3) is 0 Å². The predicted octanol–water partition coefficient (Wildman–Crippen LogP) is 1.62. The first-order valence-electron chi connectivity index (χ1n) is 4.40. The average Bonchev–Trinajstić information content (AvgIpc) is 2.28. The van der Waals surface area contributed by atoms with Crippen LogP contribution in [0, 0.1) is 0 Å². The predicted molar refractivity (Wildman–Crippen MR) is 56.8 cm³/mol. The van der Waals surface area contributed by atoms with E-state index in [-0.39, 0.29) is 5.69 Å². The molecule has 1 amide bonds. The van der Waals surface area contributed by atoms with Crippen LogP contribution in [-0.4, -0.2) is 17.7 Å². The van der Waals surface area contributed by atoms with E-state index in [1.54, 1.807) is 6.07 Å². The molecule has 0 atom stereocenters. The smallest absolute Gasteiger partial charge is 0.211 e. The number of rotatable bonds is 3. The highest BCUT2D eigenvalue weighted by atomic mass is 16.1. The fraction of sp³-hybridized carbons (Fsp3) is 0. The number of carbonyl (C=O) groups excluding carboxylic acids is 2. The zero-order chi connectivity index (χ0) is 10.7. The van der Waals surface area contributed by atoms with Gasteiger partial charge in [0, 0.05) is 5.39 Å². The first-order chi connectivity index (χ1) is 7.35. The van der Waals surface area contributed by atoms with E-state index in [0.717, 1.165) is 10.9 Å². The Kier molecular flexibility index (Phi) is 2.41. The zero-order valence-corrected chi connectivity index (χ0v) is 7.81. The van der Waals surface area contributed by atoms with Crippen molar-refractivity contribution in [1.82, 2.24) is 4.98 Å². The van der Waals surface area contributed by atoms with E-state index in [0.29, 0.717) is 18.4 Å². The summed E-state index contributed by atoms with van der Waals surface area (Å²) in [7, 11) is 0. The maximum Gasteiger partial charge on any atom is 0.211 e. The van der Waals surface area contributed by atoms with Gasteiger partial charge in [0.1, 0.15) is 5.69 Å². The van der Waals surface area contributed by atoms with Gasteiger partial charge in [0.2, 0.25) is 6.41 Å². The molecule has 0 saturated carbocycles. The van der Waals surface area contributed by atoms with Crippen molar-refractivity contribution < 1.29 is 9.59 Å². The Bertz CT molecular complexity index is 523. The molecule has 4 nitrogen and oxygen atoms in total. The Balaban J connectivity index is 2.68. The van der Waals surface area contributed by atoms with Crippen LogP contribution < -0.4 is 5.32 Å². The summed E-state index contributed by atoms with van der Waals surface area (Å²) in [5, 5.41) is 3.33. The van der Waals surface area contributed by atoms with E-state index in [2.05, 4.69) is 10.3 Å². The molecular formula is C11H8N2O2. The number of pyridine rings is 1. The Morgan fingerprint density at radius 2 is 2.00 bits per heavy atom. The van der Waals surface area contributed by atoms with Crippen LogP contribution in [0.25, 0.3) is 10.9 Å². The highest BCUT2D eigenvalue weighted by Gasteiger charge is 2.04. The summed E-state index contributed by atoms with van der Waals surface area (Å²) in [5.41, 5.74) is 1.40. The number of amides is 1. The summed E-state index contributed by atoms with van der Waals surface area (Å²) in [6.45, 7) is 0. The first-order valence-corrected chi connectivity index (χ1v) is 4.40. The van der Waals surface area contributed by atoms with Crippen molar-refractivity contribution in [3.8, 4) is 0 Å². The summed E-state index contributed by atoms with van der Waals surface area (Å²) in [5.74, 6) is 0. The summed E-state index contributed by atoms with van der Waals surface area (Å²) in [6, 6.07) is 9.12. The van der Waals surface area contributed by atoms with Crippen LogP contribution in [0.2, 0.25) is 0 Å². The molecule has 0 bridgehead atoms. The molecule has 0 radical (unpaired) electrons. The van der Waals surface area contributed by atoms with Crippen LogP contribution in [0.1, 0.15) is 10.5 Å². The molecule has 0 aliphatic carbocycles. The molecule has 1 aromatic carbocycles. The molecule has 1 N–H and O–H groups in total. The number of nitrogens with zero attached hydrogens (tertiary/aromatic N) is 1. The number of anilines is 1. The minimum Gasteiger partial charge on any atom is -0.327 e. The second kappa shape index (κ2) is 3.88. The topological polar surface area (TPSA) is 59.1 Å². The van der Waals surface area contributed by atoms with E-state index < -0.39 is 0 Å². The van der Waals surface area contributed by atoms with Crippen LogP contribution >= 0.6 is 0 Å². The molecule has 2 rings (SSSR count). The summed E-state index contributed by atoms with van der Waals surface area (Å²) in [6.07, 6.45) is 1.15. The van der Waals surface area contributed by atoms with Crippen LogP contribution in [0.5, 0.6) is 0 Å². The molecule has 0 fully saturated rings. The lowest BCUT2D eigenvalue weighted by molar-refractivity contribution is -0.105. The number of fused-ring (bicyclic) bond motifs is 1. The average molecular weight is 200 g/mol.